The van der Waals surface area contributed by atoms with E-state index in [1.165, 1.54) is 0 Å². The summed E-state index contributed by atoms with van der Waals surface area (Å²) in [6.45, 7) is 5.17. The molecule has 0 spiro atoms. The van der Waals surface area contributed by atoms with Crippen molar-refractivity contribution in [2.45, 2.75) is 32.7 Å². The van der Waals surface area contributed by atoms with Crippen LogP contribution in [0.5, 0.6) is 0 Å². The van der Waals surface area contributed by atoms with Crippen LogP contribution in [-0.4, -0.2) is 37.9 Å². The van der Waals surface area contributed by atoms with E-state index >= 15 is 0 Å². The first kappa shape index (κ1) is 13.9. The largest absolute Gasteiger partial charge is 0.370 e. The van der Waals surface area contributed by atoms with E-state index in [1.54, 1.807) is 14.0 Å². The van der Waals surface area contributed by atoms with Gasteiger partial charge in [0.1, 0.15) is 5.78 Å². The molecule has 0 fully saturated rings. The summed E-state index contributed by atoms with van der Waals surface area (Å²) in [6, 6.07) is -0.0309. The van der Waals surface area contributed by atoms with E-state index in [0.717, 1.165) is 25.9 Å². The minimum Gasteiger partial charge on any atom is -0.370 e. The van der Waals surface area contributed by atoms with Crippen molar-refractivity contribution < 1.29 is 4.79 Å². The molecule has 0 aliphatic heterocycles. The number of hydrogen-bond donors (Lipinski definition) is 3. The fourth-order valence-electron chi connectivity index (χ4n) is 1.30. The summed E-state index contributed by atoms with van der Waals surface area (Å²) in [7, 11) is 1.64. The molecule has 5 nitrogen and oxygen atoms in total. The van der Waals surface area contributed by atoms with Crippen molar-refractivity contribution >= 4 is 11.7 Å². The second kappa shape index (κ2) is 8.23. The average Bonchev–Trinajstić information content (AvgIpc) is 2.21. The minimum absolute atomic E-state index is 0.0309. The van der Waals surface area contributed by atoms with Gasteiger partial charge in [0.2, 0.25) is 0 Å². The number of carbonyl (C=O) groups excluding carboxylic acids is 1. The van der Waals surface area contributed by atoms with Crippen molar-refractivity contribution in [1.29, 1.82) is 0 Å². The second-order valence-electron chi connectivity index (χ2n) is 3.40. The number of Topliss-reactive ketones (excluding diaryl/α,β-unsaturated/α-hetero) is 1. The highest BCUT2D eigenvalue weighted by Gasteiger charge is 2.11. The van der Waals surface area contributed by atoms with Gasteiger partial charge in [-0.3, -0.25) is 9.79 Å². The molecule has 0 aromatic heterocycles. The third-order valence-electron chi connectivity index (χ3n) is 2.16. The van der Waals surface area contributed by atoms with E-state index < -0.39 is 0 Å². The number of rotatable bonds is 7. The lowest BCUT2D eigenvalue weighted by Crippen LogP contribution is -2.37. The molecule has 0 aromatic carbocycles. The van der Waals surface area contributed by atoms with Crippen molar-refractivity contribution in [3.63, 3.8) is 0 Å². The Hall–Kier alpha value is -1.10. The number of nitrogens with two attached hydrogens (primary N) is 1. The maximum absolute atomic E-state index is 11.2. The molecule has 0 bridgehead atoms. The Morgan fingerprint density at radius 1 is 1.53 bits per heavy atom. The summed E-state index contributed by atoms with van der Waals surface area (Å²) >= 11 is 0. The SMILES string of the molecule is CCNC(CCCNC(N)=NC)C(C)=O. The summed E-state index contributed by atoms with van der Waals surface area (Å²) in [6.07, 6.45) is 1.72. The van der Waals surface area contributed by atoms with Crippen molar-refractivity contribution in [3.8, 4) is 0 Å². The highest BCUT2D eigenvalue weighted by atomic mass is 16.1. The number of guanidine groups is 1. The minimum atomic E-state index is -0.0309. The van der Waals surface area contributed by atoms with Crippen LogP contribution in [-0.2, 0) is 4.79 Å². The highest BCUT2D eigenvalue weighted by Crippen LogP contribution is 1.97. The molecule has 15 heavy (non-hydrogen) atoms. The number of carbonyl (C=O) groups is 1. The van der Waals surface area contributed by atoms with Gasteiger partial charge in [-0.2, -0.15) is 0 Å². The Labute approximate surface area is 91.5 Å². The molecule has 0 radical (unpaired) electrons. The molecule has 88 valence electrons. The summed E-state index contributed by atoms with van der Waals surface area (Å²) in [5.74, 6) is 0.631. The topological polar surface area (TPSA) is 79.5 Å². The van der Waals surface area contributed by atoms with Crippen LogP contribution in [0.4, 0.5) is 0 Å². The predicted molar refractivity (Wildman–Crippen MR) is 62.9 cm³/mol. The van der Waals surface area contributed by atoms with Crippen LogP contribution in [0, 0.1) is 0 Å². The van der Waals surface area contributed by atoms with Crippen molar-refractivity contribution in [2.24, 2.45) is 10.7 Å². The number of aliphatic imine (C=N–C) groups is 1. The lowest BCUT2D eigenvalue weighted by atomic mass is 10.1. The number of nitrogens with one attached hydrogen (secondary N) is 2. The Balaban J connectivity index is 3.67. The zero-order chi connectivity index (χ0) is 11.7. The lowest BCUT2D eigenvalue weighted by Gasteiger charge is -2.14. The van der Waals surface area contributed by atoms with Gasteiger partial charge < -0.3 is 16.4 Å². The fourth-order valence-corrected chi connectivity index (χ4v) is 1.30. The zero-order valence-electron chi connectivity index (χ0n) is 9.84. The van der Waals surface area contributed by atoms with Crippen LogP contribution in [0.3, 0.4) is 0 Å². The van der Waals surface area contributed by atoms with E-state index in [4.69, 9.17) is 5.73 Å². The molecule has 0 rings (SSSR count). The monoisotopic (exact) mass is 214 g/mol. The van der Waals surface area contributed by atoms with E-state index in [2.05, 4.69) is 15.6 Å². The molecule has 0 saturated carbocycles. The molecule has 0 saturated heterocycles. The summed E-state index contributed by atoms with van der Waals surface area (Å²) < 4.78 is 0. The van der Waals surface area contributed by atoms with Crippen LogP contribution in [0.15, 0.2) is 4.99 Å². The first-order valence-electron chi connectivity index (χ1n) is 5.31. The average molecular weight is 214 g/mol. The lowest BCUT2D eigenvalue weighted by molar-refractivity contribution is -0.119. The predicted octanol–water partition coefficient (Wildman–Crippen LogP) is -0.132. The Morgan fingerprint density at radius 3 is 2.67 bits per heavy atom. The van der Waals surface area contributed by atoms with Crippen LogP contribution in [0.1, 0.15) is 26.7 Å². The van der Waals surface area contributed by atoms with Gasteiger partial charge in [0.05, 0.1) is 6.04 Å². The maximum atomic E-state index is 11.2. The quantitative estimate of drug-likeness (QED) is 0.313. The first-order valence-corrected chi connectivity index (χ1v) is 5.31. The standard InChI is InChI=1S/C10H22N4O/c1-4-13-9(8(2)15)6-5-7-14-10(11)12-3/h9,13H,4-7H2,1-3H3,(H3,11,12,14). The summed E-state index contributed by atoms with van der Waals surface area (Å²) in [4.78, 5) is 15.0. The van der Waals surface area contributed by atoms with Gasteiger partial charge in [-0.05, 0) is 26.3 Å². The van der Waals surface area contributed by atoms with Crippen molar-refractivity contribution in [1.82, 2.24) is 10.6 Å². The molecule has 5 heteroatoms. The molecular weight excluding hydrogens is 192 g/mol. The number of likely N-dealkylation sites (N-methyl/N-ethyl adjacent to an activating group) is 1. The van der Waals surface area contributed by atoms with Crippen LogP contribution in [0.25, 0.3) is 0 Å². The van der Waals surface area contributed by atoms with Gasteiger partial charge in [-0.25, -0.2) is 0 Å². The third-order valence-corrected chi connectivity index (χ3v) is 2.16. The van der Waals surface area contributed by atoms with Gasteiger partial charge in [0, 0.05) is 13.6 Å². The molecule has 1 unspecified atom stereocenters. The van der Waals surface area contributed by atoms with Crippen LogP contribution < -0.4 is 16.4 Å². The van der Waals surface area contributed by atoms with Gasteiger partial charge in [-0.1, -0.05) is 6.92 Å². The smallest absolute Gasteiger partial charge is 0.188 e. The molecule has 0 aromatic rings. The first-order chi connectivity index (χ1) is 7.11. The Kier molecular flexibility index (Phi) is 7.62. The van der Waals surface area contributed by atoms with Crippen LogP contribution in [0.2, 0.25) is 0 Å². The molecule has 1 atom stereocenters. The Morgan fingerprint density at radius 2 is 2.20 bits per heavy atom. The molecular formula is C10H22N4O. The second-order valence-corrected chi connectivity index (χ2v) is 3.40. The number of ketones is 1. The van der Waals surface area contributed by atoms with E-state index in [-0.39, 0.29) is 11.8 Å². The van der Waals surface area contributed by atoms with E-state index in [1.807, 2.05) is 6.92 Å². The Bertz CT molecular complexity index is 215. The summed E-state index contributed by atoms with van der Waals surface area (Å²) in [5, 5.41) is 6.10. The molecule has 0 heterocycles. The van der Waals surface area contributed by atoms with Gasteiger partial charge >= 0.3 is 0 Å². The third kappa shape index (κ3) is 6.90. The van der Waals surface area contributed by atoms with Gasteiger partial charge in [0.25, 0.3) is 0 Å². The zero-order valence-corrected chi connectivity index (χ0v) is 9.84. The van der Waals surface area contributed by atoms with Crippen LogP contribution >= 0.6 is 0 Å². The van der Waals surface area contributed by atoms with Gasteiger partial charge in [0.15, 0.2) is 5.96 Å². The molecule has 0 amide bonds. The van der Waals surface area contributed by atoms with E-state index in [0.29, 0.717) is 5.96 Å². The van der Waals surface area contributed by atoms with Gasteiger partial charge in [-0.15, -0.1) is 0 Å². The molecule has 4 N–H and O–H groups in total. The molecule has 0 aliphatic rings. The normalized spacial score (nSPS) is 13.7. The molecule has 0 aliphatic carbocycles. The number of nitrogens with zero attached hydrogens (tertiary/aromatic N) is 1. The fraction of sp³-hybridized carbons (Fsp3) is 0.800. The van der Waals surface area contributed by atoms with Crippen molar-refractivity contribution in [2.75, 3.05) is 20.1 Å². The number of hydrogen-bond acceptors (Lipinski definition) is 3. The maximum Gasteiger partial charge on any atom is 0.188 e. The van der Waals surface area contributed by atoms with Crippen molar-refractivity contribution in [3.05, 3.63) is 0 Å². The summed E-state index contributed by atoms with van der Waals surface area (Å²) in [5.41, 5.74) is 5.46. The van der Waals surface area contributed by atoms with E-state index in [9.17, 15) is 4.79 Å². The highest BCUT2D eigenvalue weighted by molar-refractivity contribution is 5.81.